The Labute approximate surface area is 191 Å². The van der Waals surface area contributed by atoms with E-state index in [1.165, 1.54) is 32.5 Å². The molecule has 32 heavy (non-hydrogen) atoms. The Balaban J connectivity index is 1.15. The lowest BCUT2D eigenvalue weighted by atomic mass is 9.67. The highest BCUT2D eigenvalue weighted by atomic mass is 16.5. The van der Waals surface area contributed by atoms with Crippen molar-refractivity contribution < 1.29 is 14.3 Å². The number of amides is 1. The molecule has 2 saturated carbocycles. The number of nitrogens with one attached hydrogen (secondary N) is 2. The number of ether oxygens (including phenoxy) is 2. The molecule has 1 aliphatic heterocycles. The van der Waals surface area contributed by atoms with Gasteiger partial charge in [0.2, 0.25) is 5.91 Å². The zero-order valence-corrected chi connectivity index (χ0v) is 19.7. The van der Waals surface area contributed by atoms with E-state index in [1.54, 1.807) is 7.11 Å². The van der Waals surface area contributed by atoms with Crippen LogP contribution in [-0.2, 0) is 9.53 Å². The van der Waals surface area contributed by atoms with Gasteiger partial charge in [0.1, 0.15) is 5.75 Å². The Kier molecular flexibility index (Phi) is 5.93. The van der Waals surface area contributed by atoms with Crippen molar-refractivity contribution in [3.05, 3.63) is 24.4 Å². The highest BCUT2D eigenvalue weighted by Crippen LogP contribution is 2.44. The van der Waals surface area contributed by atoms with Crippen molar-refractivity contribution >= 4 is 22.5 Å². The Morgan fingerprint density at radius 2 is 2.00 bits per heavy atom. The van der Waals surface area contributed by atoms with Crippen LogP contribution in [0.4, 0.5) is 5.69 Å². The van der Waals surface area contributed by atoms with E-state index >= 15 is 0 Å². The van der Waals surface area contributed by atoms with E-state index in [1.807, 2.05) is 31.3 Å². The predicted octanol–water partition coefficient (Wildman–Crippen LogP) is 4.67. The molecule has 2 heterocycles. The molecule has 1 aromatic heterocycles. The summed E-state index contributed by atoms with van der Waals surface area (Å²) in [5, 5.41) is 4.12. The van der Waals surface area contributed by atoms with Crippen molar-refractivity contribution in [2.24, 2.45) is 23.2 Å². The van der Waals surface area contributed by atoms with E-state index in [9.17, 15) is 4.79 Å². The second-order valence-corrected chi connectivity index (χ2v) is 10.5. The minimum atomic E-state index is -0.355. The summed E-state index contributed by atoms with van der Waals surface area (Å²) in [6.45, 7) is 8.82. The highest BCUT2D eigenvalue weighted by molar-refractivity contribution is 6.04. The topological polar surface area (TPSA) is 66.6 Å². The molecule has 0 unspecified atom stereocenters. The van der Waals surface area contributed by atoms with Crippen LogP contribution >= 0.6 is 0 Å². The first kappa shape index (κ1) is 21.8. The highest BCUT2D eigenvalue weighted by Gasteiger charge is 2.46. The molecule has 0 radical (unpaired) electrons. The Morgan fingerprint density at radius 3 is 2.69 bits per heavy atom. The minimum absolute atomic E-state index is 0.0615. The molecule has 0 bridgehead atoms. The van der Waals surface area contributed by atoms with Crippen LogP contribution in [0.3, 0.4) is 0 Å². The third-order valence-corrected chi connectivity index (χ3v) is 8.31. The molecule has 3 aliphatic rings. The van der Waals surface area contributed by atoms with Gasteiger partial charge in [-0.05, 0) is 74.6 Å². The number of hydrogen-bond acceptors (Lipinski definition) is 4. The van der Waals surface area contributed by atoms with Gasteiger partial charge in [0, 0.05) is 37.3 Å². The maximum atomic E-state index is 12.8. The molecule has 2 aliphatic carbocycles. The van der Waals surface area contributed by atoms with Gasteiger partial charge in [0.05, 0.1) is 23.8 Å². The number of benzene rings is 1. The number of hydrogen-bond donors (Lipinski definition) is 2. The maximum Gasteiger partial charge on any atom is 0.230 e. The maximum absolute atomic E-state index is 12.8. The van der Waals surface area contributed by atoms with Crippen molar-refractivity contribution in [3.63, 3.8) is 0 Å². The summed E-state index contributed by atoms with van der Waals surface area (Å²) in [6, 6.07) is 6.10. The molecular weight excluding hydrogens is 402 g/mol. The lowest BCUT2D eigenvalue weighted by molar-refractivity contribution is -0.138. The first-order valence-corrected chi connectivity index (χ1v) is 12.3. The van der Waals surface area contributed by atoms with Gasteiger partial charge >= 0.3 is 0 Å². The monoisotopic (exact) mass is 439 g/mol. The fourth-order valence-electron chi connectivity index (χ4n) is 6.22. The summed E-state index contributed by atoms with van der Waals surface area (Å²) >= 11 is 0. The molecule has 3 atom stereocenters. The molecule has 1 saturated heterocycles. The van der Waals surface area contributed by atoms with Gasteiger partial charge in [-0.3, -0.25) is 4.79 Å². The first-order valence-electron chi connectivity index (χ1n) is 12.3. The van der Waals surface area contributed by atoms with Gasteiger partial charge in [0.15, 0.2) is 0 Å². The number of carbonyl (C=O) groups excluding carboxylic acids is 1. The number of fused-ring (bicyclic) bond motifs is 2. The molecule has 6 nitrogen and oxygen atoms in total. The number of nitrogens with zero attached hydrogens (tertiary/aromatic N) is 1. The molecule has 2 N–H and O–H groups in total. The summed E-state index contributed by atoms with van der Waals surface area (Å²) < 4.78 is 11.5. The van der Waals surface area contributed by atoms with Gasteiger partial charge in [-0.1, -0.05) is 13.8 Å². The van der Waals surface area contributed by atoms with Crippen molar-refractivity contribution in [1.29, 1.82) is 0 Å². The summed E-state index contributed by atoms with van der Waals surface area (Å²) in [5.41, 5.74) is 1.47. The molecule has 5 rings (SSSR count). The average Bonchev–Trinajstić information content (AvgIpc) is 3.44. The zero-order chi connectivity index (χ0) is 22.3. The third kappa shape index (κ3) is 4.15. The van der Waals surface area contributed by atoms with Crippen molar-refractivity contribution in [1.82, 2.24) is 9.88 Å². The van der Waals surface area contributed by atoms with E-state index in [0.717, 1.165) is 66.0 Å². The van der Waals surface area contributed by atoms with Gasteiger partial charge < -0.3 is 24.7 Å². The molecule has 3 fully saturated rings. The van der Waals surface area contributed by atoms with Crippen LogP contribution in [-0.4, -0.2) is 55.2 Å². The minimum Gasteiger partial charge on any atom is -0.494 e. The SMILES string of the molecule is CCN1C[C@H]2C[C@@H](CCOc3ccc4[nH]cc(NC(=O)[C@]5(C)C[C@@H](OC)C5)c4c3)C[C@H]2C1. The number of methoxy groups -OCH3 is 1. The van der Waals surface area contributed by atoms with E-state index in [2.05, 4.69) is 22.1 Å². The van der Waals surface area contributed by atoms with Crippen molar-refractivity contribution in [3.8, 4) is 5.75 Å². The standard InChI is InChI=1S/C26H37N3O3/c1-4-29-15-18-9-17(10-19(18)16-29)7-8-32-20-5-6-23-22(11-20)24(14-27-23)28-25(30)26(2)12-21(13-26)31-3/h5-6,11,14,17-19,21,27H,4,7-10,12-13,15-16H2,1-3H3,(H,28,30)/t17-,18-,19+,21-,26-. The second-order valence-electron chi connectivity index (χ2n) is 10.5. The molecule has 6 heteroatoms. The summed E-state index contributed by atoms with van der Waals surface area (Å²) in [5.74, 6) is 3.54. The van der Waals surface area contributed by atoms with E-state index < -0.39 is 0 Å². The van der Waals surface area contributed by atoms with Crippen LogP contribution in [0.5, 0.6) is 5.75 Å². The van der Waals surface area contributed by atoms with Crippen molar-refractivity contribution in [2.75, 3.05) is 38.7 Å². The predicted molar refractivity (Wildman–Crippen MR) is 127 cm³/mol. The molecule has 1 aromatic carbocycles. The average molecular weight is 440 g/mol. The van der Waals surface area contributed by atoms with Crippen LogP contribution in [0.15, 0.2) is 24.4 Å². The Morgan fingerprint density at radius 1 is 1.25 bits per heavy atom. The molecule has 2 aromatic rings. The normalized spacial score (nSPS) is 32.1. The van der Waals surface area contributed by atoms with E-state index in [-0.39, 0.29) is 17.4 Å². The van der Waals surface area contributed by atoms with Gasteiger partial charge in [-0.2, -0.15) is 0 Å². The second kappa shape index (κ2) is 8.71. The Bertz CT molecular complexity index is 950. The third-order valence-electron chi connectivity index (χ3n) is 8.31. The lowest BCUT2D eigenvalue weighted by Crippen LogP contribution is -2.48. The number of rotatable bonds is 8. The van der Waals surface area contributed by atoms with E-state index in [0.29, 0.717) is 0 Å². The molecule has 174 valence electrons. The fourth-order valence-corrected chi connectivity index (χ4v) is 6.22. The number of carbonyl (C=O) groups is 1. The fraction of sp³-hybridized carbons (Fsp3) is 0.654. The van der Waals surface area contributed by atoms with Crippen LogP contribution in [0.2, 0.25) is 0 Å². The number of aromatic amines is 1. The van der Waals surface area contributed by atoms with Gasteiger partial charge in [-0.15, -0.1) is 0 Å². The summed E-state index contributed by atoms with van der Waals surface area (Å²) in [7, 11) is 1.71. The summed E-state index contributed by atoms with van der Waals surface area (Å²) in [4.78, 5) is 18.7. The number of anilines is 1. The van der Waals surface area contributed by atoms with Crippen LogP contribution in [0.25, 0.3) is 10.9 Å². The summed E-state index contributed by atoms with van der Waals surface area (Å²) in [6.07, 6.45) is 7.46. The number of aromatic nitrogens is 1. The quantitative estimate of drug-likeness (QED) is 0.627. The van der Waals surface area contributed by atoms with Gasteiger partial charge in [-0.25, -0.2) is 0 Å². The van der Waals surface area contributed by atoms with Crippen molar-refractivity contribution in [2.45, 2.75) is 52.1 Å². The smallest absolute Gasteiger partial charge is 0.230 e. The zero-order valence-electron chi connectivity index (χ0n) is 19.7. The number of likely N-dealkylation sites (tertiary alicyclic amines) is 1. The largest absolute Gasteiger partial charge is 0.494 e. The lowest BCUT2D eigenvalue weighted by Gasteiger charge is -2.42. The van der Waals surface area contributed by atoms with Gasteiger partial charge in [0.25, 0.3) is 0 Å². The number of H-pyrrole nitrogens is 1. The molecule has 0 spiro atoms. The Hall–Kier alpha value is -2.05. The van der Waals surface area contributed by atoms with E-state index in [4.69, 9.17) is 9.47 Å². The van der Waals surface area contributed by atoms with Crippen LogP contribution in [0.1, 0.15) is 46.0 Å². The van der Waals surface area contributed by atoms with Crippen LogP contribution < -0.4 is 10.1 Å². The molecular formula is C26H37N3O3. The molecule has 1 amide bonds. The van der Waals surface area contributed by atoms with Crippen LogP contribution in [0, 0.1) is 23.2 Å². The first-order chi connectivity index (χ1) is 15.5.